The number of benzene rings is 1. The van der Waals surface area contributed by atoms with Crippen LogP contribution < -0.4 is 0 Å². The first-order chi connectivity index (χ1) is 12.5. The Labute approximate surface area is 154 Å². The van der Waals surface area contributed by atoms with Gasteiger partial charge in [0.2, 0.25) is 10.0 Å². The van der Waals surface area contributed by atoms with Crippen LogP contribution in [0.25, 0.3) is 0 Å². The van der Waals surface area contributed by atoms with Gasteiger partial charge in [0.05, 0.1) is 22.0 Å². The molecule has 148 valence electrons. The molecule has 0 N–H and O–H groups in total. The second-order valence-electron chi connectivity index (χ2n) is 6.19. The molecule has 1 aliphatic rings. The van der Waals surface area contributed by atoms with Gasteiger partial charge in [-0.1, -0.05) is 6.07 Å². The molecule has 6 nitrogen and oxygen atoms in total. The fraction of sp³-hybridized carbons (Fsp3) is 0.375. The Hall–Kier alpha value is -1.85. The van der Waals surface area contributed by atoms with Gasteiger partial charge in [0, 0.05) is 13.1 Å². The highest BCUT2D eigenvalue weighted by molar-refractivity contribution is 7.91. The molecule has 0 amide bonds. The van der Waals surface area contributed by atoms with Gasteiger partial charge in [-0.05, 0) is 36.8 Å². The largest absolute Gasteiger partial charge is 0.468 e. The molecule has 2 heterocycles. The summed E-state index contributed by atoms with van der Waals surface area (Å²) < 4.78 is 94.7. The minimum Gasteiger partial charge on any atom is -0.468 e. The maximum absolute atomic E-state index is 12.8. The van der Waals surface area contributed by atoms with E-state index < -0.39 is 41.7 Å². The molecule has 1 aromatic heterocycles. The molecule has 0 aliphatic carbocycles. The van der Waals surface area contributed by atoms with E-state index in [9.17, 15) is 30.0 Å². The predicted molar refractivity (Wildman–Crippen MR) is 89.9 cm³/mol. The Morgan fingerprint density at radius 2 is 1.85 bits per heavy atom. The zero-order chi connectivity index (χ0) is 19.9. The van der Waals surface area contributed by atoms with Crippen LogP contribution in [0.15, 0.2) is 52.0 Å². The third kappa shape index (κ3) is 4.19. The molecule has 11 heteroatoms. The van der Waals surface area contributed by atoms with Gasteiger partial charge in [-0.3, -0.25) is 0 Å². The van der Waals surface area contributed by atoms with Gasteiger partial charge in [-0.2, -0.15) is 17.5 Å². The van der Waals surface area contributed by atoms with Crippen LogP contribution in [0.3, 0.4) is 0 Å². The highest BCUT2D eigenvalue weighted by Gasteiger charge is 2.40. The normalized spacial score (nSPS) is 19.4. The van der Waals surface area contributed by atoms with Crippen molar-refractivity contribution in [1.29, 1.82) is 0 Å². The van der Waals surface area contributed by atoms with Crippen molar-refractivity contribution in [3.63, 3.8) is 0 Å². The lowest BCUT2D eigenvalue weighted by Crippen LogP contribution is -2.32. The van der Waals surface area contributed by atoms with Crippen LogP contribution in [0.5, 0.6) is 0 Å². The van der Waals surface area contributed by atoms with Crippen molar-refractivity contribution < 1.29 is 34.4 Å². The zero-order valence-electron chi connectivity index (χ0n) is 13.9. The molecule has 1 aromatic carbocycles. The minimum atomic E-state index is -4.68. The standard InChI is InChI=1S/C16H16F3NO5S2/c17-16(18,19)12-3-1-5-14(9-12)27(23,24)20-7-6-15(10-20)26(21,22)11-13-4-2-8-25-13/h1-5,8-9,15H,6-7,10-11H2/t15-/m0/s1. The van der Waals surface area contributed by atoms with E-state index in [4.69, 9.17) is 4.42 Å². The van der Waals surface area contributed by atoms with Crippen LogP contribution in [0.1, 0.15) is 17.7 Å². The quantitative estimate of drug-likeness (QED) is 0.738. The summed E-state index contributed by atoms with van der Waals surface area (Å²) in [6.45, 7) is -0.387. The first kappa shape index (κ1) is 19.9. The topological polar surface area (TPSA) is 84.7 Å². The Kier molecular flexibility index (Phi) is 5.12. The SMILES string of the molecule is O=S(=O)(Cc1ccco1)[C@H]1CCN(S(=O)(=O)c2cccc(C(F)(F)F)c2)C1. The van der Waals surface area contributed by atoms with Crippen LogP contribution in [-0.2, 0) is 31.8 Å². The molecular weight excluding hydrogens is 407 g/mol. The second kappa shape index (κ2) is 6.95. The van der Waals surface area contributed by atoms with Crippen molar-refractivity contribution in [2.24, 2.45) is 0 Å². The molecule has 1 atom stereocenters. The average molecular weight is 423 g/mol. The van der Waals surface area contributed by atoms with Gasteiger partial charge < -0.3 is 4.42 Å². The summed E-state index contributed by atoms with van der Waals surface area (Å²) in [7, 11) is -7.90. The number of halogens is 3. The smallest absolute Gasteiger partial charge is 0.416 e. The molecule has 0 saturated carbocycles. The second-order valence-corrected chi connectivity index (χ2v) is 10.4. The van der Waals surface area contributed by atoms with E-state index in [1.54, 1.807) is 6.07 Å². The maximum Gasteiger partial charge on any atom is 0.416 e. The van der Waals surface area contributed by atoms with E-state index in [0.717, 1.165) is 22.5 Å². The first-order valence-corrected chi connectivity index (χ1v) is 11.1. The van der Waals surface area contributed by atoms with Gasteiger partial charge >= 0.3 is 6.18 Å². The molecule has 0 spiro atoms. The lowest BCUT2D eigenvalue weighted by Gasteiger charge is -2.17. The van der Waals surface area contributed by atoms with Crippen LogP contribution in [0.2, 0.25) is 0 Å². The lowest BCUT2D eigenvalue weighted by atomic mass is 10.2. The number of sulfone groups is 1. The van der Waals surface area contributed by atoms with Crippen molar-refractivity contribution in [1.82, 2.24) is 4.31 Å². The number of furan rings is 1. The van der Waals surface area contributed by atoms with E-state index in [-0.39, 0.29) is 31.0 Å². The number of alkyl halides is 3. The van der Waals surface area contributed by atoms with E-state index in [1.165, 1.54) is 12.3 Å². The minimum absolute atomic E-state index is 0.0707. The van der Waals surface area contributed by atoms with Gasteiger partial charge in [0.25, 0.3) is 0 Å². The van der Waals surface area contributed by atoms with Crippen molar-refractivity contribution in [2.75, 3.05) is 13.1 Å². The van der Waals surface area contributed by atoms with Gasteiger partial charge in [0.1, 0.15) is 11.5 Å². The summed E-state index contributed by atoms with van der Waals surface area (Å²) in [6.07, 6.45) is -3.27. The Bertz CT molecular complexity index is 1010. The Morgan fingerprint density at radius 3 is 2.48 bits per heavy atom. The van der Waals surface area contributed by atoms with Gasteiger partial charge in [0.15, 0.2) is 9.84 Å². The summed E-state index contributed by atoms with van der Waals surface area (Å²) in [4.78, 5) is -0.513. The van der Waals surface area contributed by atoms with Crippen LogP contribution in [0, 0.1) is 0 Å². The van der Waals surface area contributed by atoms with Crippen molar-refractivity contribution >= 4 is 19.9 Å². The third-order valence-corrected chi connectivity index (χ3v) is 8.29. The van der Waals surface area contributed by atoms with E-state index in [0.29, 0.717) is 6.07 Å². The molecular formula is C16H16F3NO5S2. The molecule has 0 unspecified atom stereocenters. The van der Waals surface area contributed by atoms with Crippen molar-refractivity contribution in [2.45, 2.75) is 28.5 Å². The summed E-state index contributed by atoms with van der Waals surface area (Å²) >= 11 is 0. The van der Waals surface area contributed by atoms with E-state index >= 15 is 0 Å². The maximum atomic E-state index is 12.8. The highest BCUT2D eigenvalue weighted by Crippen LogP contribution is 2.32. The summed E-state index contributed by atoms with van der Waals surface area (Å²) in [5.41, 5.74) is -1.08. The number of nitrogens with zero attached hydrogens (tertiary/aromatic N) is 1. The number of hydrogen-bond donors (Lipinski definition) is 0. The van der Waals surface area contributed by atoms with Gasteiger partial charge in [-0.25, -0.2) is 16.8 Å². The first-order valence-electron chi connectivity index (χ1n) is 7.91. The zero-order valence-corrected chi connectivity index (χ0v) is 15.5. The Morgan fingerprint density at radius 1 is 1.11 bits per heavy atom. The van der Waals surface area contributed by atoms with E-state index in [1.807, 2.05) is 0 Å². The summed E-state index contributed by atoms with van der Waals surface area (Å²) in [6, 6.07) is 6.46. The highest BCUT2D eigenvalue weighted by atomic mass is 32.2. The third-order valence-electron chi connectivity index (χ3n) is 4.34. The lowest BCUT2D eigenvalue weighted by molar-refractivity contribution is -0.137. The molecule has 0 radical (unpaired) electrons. The fourth-order valence-corrected chi connectivity index (χ4v) is 6.21. The van der Waals surface area contributed by atoms with Crippen LogP contribution >= 0.6 is 0 Å². The molecule has 3 rings (SSSR count). The monoisotopic (exact) mass is 423 g/mol. The number of hydrogen-bond acceptors (Lipinski definition) is 5. The van der Waals surface area contributed by atoms with Crippen LogP contribution in [0.4, 0.5) is 13.2 Å². The molecule has 1 fully saturated rings. The fourth-order valence-electron chi connectivity index (χ4n) is 2.90. The molecule has 27 heavy (non-hydrogen) atoms. The van der Waals surface area contributed by atoms with Crippen molar-refractivity contribution in [3.8, 4) is 0 Å². The molecule has 1 saturated heterocycles. The predicted octanol–water partition coefficient (Wildman–Crippen LogP) is 2.68. The van der Waals surface area contributed by atoms with Crippen molar-refractivity contribution in [3.05, 3.63) is 54.0 Å². The molecule has 2 aromatic rings. The molecule has 0 bridgehead atoms. The Balaban J connectivity index is 1.80. The summed E-state index contributed by atoms with van der Waals surface area (Å²) in [5, 5.41) is -0.942. The van der Waals surface area contributed by atoms with Crippen LogP contribution in [-0.4, -0.2) is 39.5 Å². The average Bonchev–Trinajstić information content (AvgIpc) is 3.25. The molecule has 1 aliphatic heterocycles. The number of rotatable bonds is 5. The summed E-state index contributed by atoms with van der Waals surface area (Å²) in [5.74, 6) is -0.114. The van der Waals surface area contributed by atoms with E-state index in [2.05, 4.69) is 0 Å². The number of sulfonamides is 1. The van der Waals surface area contributed by atoms with Gasteiger partial charge in [-0.15, -0.1) is 0 Å².